The molecular formula is C37H57N7O6. The van der Waals surface area contributed by atoms with E-state index in [4.69, 9.17) is 20.2 Å². The van der Waals surface area contributed by atoms with Gasteiger partial charge in [0.05, 0.1) is 24.7 Å². The molecule has 0 bridgehead atoms. The smallest absolute Gasteiger partial charge is 0.417 e. The minimum atomic E-state index is -1.01. The Morgan fingerprint density at radius 2 is 1.70 bits per heavy atom. The topological polar surface area (TPSA) is 171 Å². The summed E-state index contributed by atoms with van der Waals surface area (Å²) < 4.78 is 11.1. The first-order valence-corrected chi connectivity index (χ1v) is 17.3. The van der Waals surface area contributed by atoms with Gasteiger partial charge in [-0.15, -0.1) is 0 Å². The van der Waals surface area contributed by atoms with Crippen LogP contribution in [0, 0.1) is 5.92 Å². The minimum Gasteiger partial charge on any atom is -0.478 e. The molecule has 1 aromatic rings. The van der Waals surface area contributed by atoms with Crippen LogP contribution in [0.5, 0.6) is 0 Å². The fourth-order valence-electron chi connectivity index (χ4n) is 5.89. The average Bonchev–Trinajstić information content (AvgIpc) is 3.42. The number of amides is 2. The molecule has 1 saturated heterocycles. The standard InChI is InChI=1S/C37H57N7O6/c1-23(2)15-19-40-33(42-34(47)49-36(5,6)7)43-21-17-26-28(41-29-14-13-25(31(45)46)22-27(29)30(26)43)12-11-18-39-32(38)44(20-16-24(3)4)35(48)50-37(8,9)10/h13-16,22,26,28,30,41H,11-12,17-21H2,1-10H3,(H2,38,39)(H,45,46)(H,40,42,47)/t26-,28-,30-/m0/s1. The summed E-state index contributed by atoms with van der Waals surface area (Å²) in [6, 6.07) is 4.86. The van der Waals surface area contributed by atoms with E-state index in [9.17, 15) is 19.5 Å². The highest BCUT2D eigenvalue weighted by Crippen LogP contribution is 2.47. The molecule has 1 aromatic carbocycles. The minimum absolute atomic E-state index is 0.0118. The van der Waals surface area contributed by atoms with Crippen LogP contribution in [0.4, 0.5) is 15.3 Å². The summed E-state index contributed by atoms with van der Waals surface area (Å²) in [7, 11) is 0. The molecule has 0 spiro atoms. The second-order valence-corrected chi connectivity index (χ2v) is 15.3. The highest BCUT2D eigenvalue weighted by molar-refractivity contribution is 5.95. The normalized spacial score (nSPS) is 19.0. The Kier molecular flexibility index (Phi) is 13.5. The lowest BCUT2D eigenvalue weighted by atomic mass is 9.80. The van der Waals surface area contributed by atoms with Gasteiger partial charge in [0.25, 0.3) is 0 Å². The number of guanidine groups is 2. The number of alkyl carbamates (subject to hydrolysis) is 1. The van der Waals surface area contributed by atoms with E-state index in [0.717, 1.165) is 35.2 Å². The average molecular weight is 696 g/mol. The van der Waals surface area contributed by atoms with Crippen molar-refractivity contribution >= 4 is 35.8 Å². The second kappa shape index (κ2) is 16.9. The fourth-order valence-corrected chi connectivity index (χ4v) is 5.89. The molecule has 50 heavy (non-hydrogen) atoms. The SMILES string of the molecule is CC(C)=CCN=C(NC(=O)OC(C)(C)C)N1CC[C@H]2[C@H](CCCN=C(N)N(CC=C(C)C)C(=O)OC(C)(C)C)Nc3ccc(C(=O)O)cc3[C@H]21. The Morgan fingerprint density at radius 3 is 2.30 bits per heavy atom. The van der Waals surface area contributed by atoms with E-state index >= 15 is 0 Å². The van der Waals surface area contributed by atoms with Crippen molar-refractivity contribution < 1.29 is 29.0 Å². The monoisotopic (exact) mass is 695 g/mol. The molecule has 2 aliphatic heterocycles. The first kappa shape index (κ1) is 39.9. The number of aromatic carboxylic acids is 1. The number of hydrogen-bond acceptors (Lipinski definition) is 8. The van der Waals surface area contributed by atoms with Crippen LogP contribution in [-0.4, -0.2) is 88.4 Å². The van der Waals surface area contributed by atoms with Crippen LogP contribution >= 0.6 is 0 Å². The number of allylic oxidation sites excluding steroid dienone is 2. The maximum absolute atomic E-state index is 13.0. The third-order valence-electron chi connectivity index (χ3n) is 8.06. The Labute approximate surface area is 297 Å². The summed E-state index contributed by atoms with van der Waals surface area (Å²) in [4.78, 5) is 50.7. The number of hydrogen-bond donors (Lipinski definition) is 4. The summed E-state index contributed by atoms with van der Waals surface area (Å²) in [6.45, 7) is 20.3. The van der Waals surface area contributed by atoms with Gasteiger partial charge >= 0.3 is 18.2 Å². The molecule has 3 atom stereocenters. The van der Waals surface area contributed by atoms with E-state index in [2.05, 4.69) is 20.5 Å². The van der Waals surface area contributed by atoms with E-state index < -0.39 is 29.4 Å². The van der Waals surface area contributed by atoms with Gasteiger partial charge in [-0.3, -0.25) is 10.3 Å². The number of ether oxygens (including phenoxy) is 2. The number of rotatable bonds is 9. The predicted octanol–water partition coefficient (Wildman–Crippen LogP) is 6.69. The molecule has 2 aliphatic rings. The van der Waals surface area contributed by atoms with Crippen molar-refractivity contribution in [3.8, 4) is 0 Å². The zero-order chi connectivity index (χ0) is 37.4. The molecule has 2 amide bonds. The van der Waals surface area contributed by atoms with Crippen molar-refractivity contribution in [2.24, 2.45) is 21.6 Å². The summed E-state index contributed by atoms with van der Waals surface area (Å²) in [5.74, 6) is -0.471. The molecule has 13 heteroatoms. The number of carboxylic acids is 1. The lowest BCUT2D eigenvalue weighted by Gasteiger charge is -2.41. The van der Waals surface area contributed by atoms with E-state index in [1.54, 1.807) is 59.7 Å². The van der Waals surface area contributed by atoms with Crippen molar-refractivity contribution in [1.29, 1.82) is 0 Å². The van der Waals surface area contributed by atoms with Crippen molar-refractivity contribution in [2.45, 2.75) is 112 Å². The lowest BCUT2D eigenvalue weighted by molar-refractivity contribution is 0.0380. The highest BCUT2D eigenvalue weighted by Gasteiger charge is 2.45. The number of carbonyl (C=O) groups excluding carboxylic acids is 2. The molecule has 5 N–H and O–H groups in total. The molecule has 3 rings (SSSR count). The summed E-state index contributed by atoms with van der Waals surface area (Å²) >= 11 is 0. The Morgan fingerprint density at radius 1 is 1.04 bits per heavy atom. The molecule has 0 unspecified atom stereocenters. The van der Waals surface area contributed by atoms with Crippen molar-refractivity contribution in [2.75, 3.05) is 31.5 Å². The zero-order valence-electron chi connectivity index (χ0n) is 31.4. The number of nitrogens with zero attached hydrogens (tertiary/aromatic N) is 4. The maximum Gasteiger partial charge on any atom is 0.417 e. The molecule has 1 fully saturated rings. The van der Waals surface area contributed by atoms with Gasteiger partial charge in [-0.2, -0.15) is 0 Å². The molecule has 2 heterocycles. The van der Waals surface area contributed by atoms with Crippen LogP contribution in [-0.2, 0) is 9.47 Å². The highest BCUT2D eigenvalue weighted by atomic mass is 16.6. The zero-order valence-corrected chi connectivity index (χ0v) is 31.4. The van der Waals surface area contributed by atoms with E-state index in [-0.39, 0.29) is 36.1 Å². The van der Waals surface area contributed by atoms with Gasteiger partial charge in [0.1, 0.15) is 11.2 Å². The summed E-state index contributed by atoms with van der Waals surface area (Å²) in [6.07, 6.45) is 4.88. The number of anilines is 1. The molecule has 0 radical (unpaired) electrons. The van der Waals surface area contributed by atoms with Crippen molar-refractivity contribution in [3.63, 3.8) is 0 Å². The molecule has 0 aromatic heterocycles. The van der Waals surface area contributed by atoms with Gasteiger partial charge in [0.2, 0.25) is 11.9 Å². The van der Waals surface area contributed by atoms with Crippen LogP contribution in [0.15, 0.2) is 51.5 Å². The van der Waals surface area contributed by atoms with Gasteiger partial charge in [-0.25, -0.2) is 24.3 Å². The third kappa shape index (κ3) is 11.8. The van der Waals surface area contributed by atoms with Crippen LogP contribution in [0.3, 0.4) is 0 Å². The van der Waals surface area contributed by atoms with Gasteiger partial charge in [-0.05, 0) is 112 Å². The molecular weight excluding hydrogens is 638 g/mol. The Balaban J connectivity index is 1.89. The lowest BCUT2D eigenvalue weighted by Crippen LogP contribution is -2.48. The van der Waals surface area contributed by atoms with Crippen molar-refractivity contribution in [1.82, 2.24) is 15.1 Å². The number of nitrogens with two attached hydrogens (primary N) is 1. The first-order valence-electron chi connectivity index (χ1n) is 17.3. The summed E-state index contributed by atoms with van der Waals surface area (Å²) in [5.41, 5.74) is 8.93. The number of benzene rings is 1. The van der Waals surface area contributed by atoms with Gasteiger partial charge < -0.3 is 30.5 Å². The second-order valence-electron chi connectivity index (χ2n) is 15.3. The number of carboxylic acid groups (broad SMARTS) is 1. The van der Waals surface area contributed by atoms with Gasteiger partial charge in [0.15, 0.2) is 0 Å². The number of fused-ring (bicyclic) bond motifs is 3. The number of aliphatic imine (C=N–C) groups is 2. The Bertz CT molecular complexity index is 1510. The van der Waals surface area contributed by atoms with Crippen LogP contribution in [0.1, 0.15) is 110 Å². The first-order chi connectivity index (χ1) is 23.3. The molecule has 276 valence electrons. The van der Waals surface area contributed by atoms with Crippen LogP contribution in [0.2, 0.25) is 0 Å². The predicted molar refractivity (Wildman–Crippen MR) is 198 cm³/mol. The maximum atomic E-state index is 13.0. The van der Waals surface area contributed by atoms with E-state index in [0.29, 0.717) is 32.0 Å². The number of likely N-dealkylation sites (tertiary alicyclic amines) is 1. The number of nitrogens with one attached hydrogen (secondary N) is 2. The Hall–Kier alpha value is -4.55. The van der Waals surface area contributed by atoms with Crippen LogP contribution in [0.25, 0.3) is 0 Å². The molecule has 0 saturated carbocycles. The quantitative estimate of drug-likeness (QED) is 0.0951. The van der Waals surface area contributed by atoms with Gasteiger partial charge in [0, 0.05) is 30.7 Å². The summed E-state index contributed by atoms with van der Waals surface area (Å²) in [5, 5.41) is 16.4. The van der Waals surface area contributed by atoms with E-state index in [1.165, 1.54) is 4.90 Å². The largest absolute Gasteiger partial charge is 0.478 e. The van der Waals surface area contributed by atoms with Gasteiger partial charge in [-0.1, -0.05) is 23.3 Å². The number of carbonyl (C=O) groups is 3. The molecule has 0 aliphatic carbocycles. The fraction of sp³-hybridized carbons (Fsp3) is 0.595. The third-order valence-corrected chi connectivity index (χ3v) is 8.06. The van der Waals surface area contributed by atoms with Crippen molar-refractivity contribution in [3.05, 3.63) is 52.6 Å². The van der Waals surface area contributed by atoms with Crippen LogP contribution < -0.4 is 16.4 Å². The molecule has 13 nitrogen and oxygen atoms in total. The van der Waals surface area contributed by atoms with E-state index in [1.807, 2.05) is 39.8 Å².